The van der Waals surface area contributed by atoms with Crippen LogP contribution in [0.15, 0.2) is 0 Å². The number of aliphatic hydroxyl groups excluding tert-OH is 1. The highest BCUT2D eigenvalue weighted by atomic mass is 16.7. The highest BCUT2D eigenvalue weighted by molar-refractivity contribution is 4.79. The van der Waals surface area contributed by atoms with Crippen LogP contribution < -0.4 is 0 Å². The quantitative estimate of drug-likeness (QED) is 0.727. The Morgan fingerprint density at radius 3 is 2.23 bits per heavy atom. The van der Waals surface area contributed by atoms with Crippen molar-refractivity contribution in [2.45, 2.75) is 45.5 Å². The number of rotatable bonds is 4. The maximum Gasteiger partial charge on any atom is 0.170 e. The zero-order chi connectivity index (χ0) is 9.90. The van der Waals surface area contributed by atoms with E-state index in [2.05, 4.69) is 13.8 Å². The third-order valence-corrected chi connectivity index (χ3v) is 2.71. The molecule has 1 aliphatic heterocycles. The minimum atomic E-state index is -0.434. The van der Waals surface area contributed by atoms with Gasteiger partial charge in [-0.1, -0.05) is 13.8 Å². The lowest BCUT2D eigenvalue weighted by Crippen LogP contribution is -2.38. The van der Waals surface area contributed by atoms with Crippen molar-refractivity contribution in [3.63, 3.8) is 0 Å². The Morgan fingerprint density at radius 2 is 1.85 bits per heavy atom. The highest BCUT2D eigenvalue weighted by Crippen LogP contribution is 2.33. The van der Waals surface area contributed by atoms with E-state index in [1.807, 2.05) is 0 Å². The van der Waals surface area contributed by atoms with E-state index in [9.17, 15) is 5.11 Å². The van der Waals surface area contributed by atoms with Crippen LogP contribution in [0.2, 0.25) is 0 Å². The molecule has 1 saturated heterocycles. The van der Waals surface area contributed by atoms with Crippen molar-refractivity contribution in [2.24, 2.45) is 5.92 Å². The van der Waals surface area contributed by atoms with Crippen LogP contribution in [0.25, 0.3) is 0 Å². The Labute approximate surface area is 80.0 Å². The molecule has 3 heteroatoms. The SMILES string of the molecule is CCC1(C(C)CC(C)O)OCCO1. The largest absolute Gasteiger partial charge is 0.393 e. The van der Waals surface area contributed by atoms with Gasteiger partial charge < -0.3 is 14.6 Å². The van der Waals surface area contributed by atoms with Crippen molar-refractivity contribution in [3.05, 3.63) is 0 Å². The summed E-state index contributed by atoms with van der Waals surface area (Å²) < 4.78 is 11.2. The van der Waals surface area contributed by atoms with Gasteiger partial charge in [0.2, 0.25) is 0 Å². The van der Waals surface area contributed by atoms with Crippen LogP contribution in [-0.4, -0.2) is 30.2 Å². The van der Waals surface area contributed by atoms with Crippen LogP contribution in [0.3, 0.4) is 0 Å². The lowest BCUT2D eigenvalue weighted by molar-refractivity contribution is -0.198. The zero-order valence-corrected chi connectivity index (χ0v) is 8.75. The van der Waals surface area contributed by atoms with E-state index in [1.54, 1.807) is 6.92 Å². The Kier molecular flexibility index (Phi) is 3.71. The molecule has 0 amide bonds. The number of hydrogen-bond donors (Lipinski definition) is 1. The molecule has 1 N–H and O–H groups in total. The molecule has 0 aromatic carbocycles. The topological polar surface area (TPSA) is 38.7 Å². The van der Waals surface area contributed by atoms with Gasteiger partial charge in [0.1, 0.15) is 0 Å². The van der Waals surface area contributed by atoms with Gasteiger partial charge >= 0.3 is 0 Å². The fraction of sp³-hybridized carbons (Fsp3) is 1.00. The fourth-order valence-corrected chi connectivity index (χ4v) is 2.00. The van der Waals surface area contributed by atoms with Crippen LogP contribution in [0.4, 0.5) is 0 Å². The molecule has 0 radical (unpaired) electrons. The molecule has 0 aliphatic carbocycles. The molecule has 2 unspecified atom stereocenters. The van der Waals surface area contributed by atoms with Crippen molar-refractivity contribution in [2.75, 3.05) is 13.2 Å². The summed E-state index contributed by atoms with van der Waals surface area (Å²) in [5.74, 6) is -0.184. The minimum absolute atomic E-state index is 0.250. The summed E-state index contributed by atoms with van der Waals surface area (Å²) in [4.78, 5) is 0. The predicted molar refractivity (Wildman–Crippen MR) is 50.4 cm³/mol. The van der Waals surface area contributed by atoms with Crippen LogP contribution >= 0.6 is 0 Å². The van der Waals surface area contributed by atoms with Crippen molar-refractivity contribution in [1.29, 1.82) is 0 Å². The average molecular weight is 188 g/mol. The molecule has 2 atom stereocenters. The van der Waals surface area contributed by atoms with Gasteiger partial charge in [-0.2, -0.15) is 0 Å². The molecule has 1 aliphatic rings. The van der Waals surface area contributed by atoms with E-state index in [0.717, 1.165) is 12.8 Å². The van der Waals surface area contributed by atoms with Crippen LogP contribution in [0, 0.1) is 5.92 Å². The Balaban J connectivity index is 2.54. The van der Waals surface area contributed by atoms with E-state index in [4.69, 9.17) is 9.47 Å². The van der Waals surface area contributed by atoms with E-state index in [1.165, 1.54) is 0 Å². The molecular formula is C10H20O3. The Hall–Kier alpha value is -0.120. The molecule has 0 aromatic heterocycles. The third-order valence-electron chi connectivity index (χ3n) is 2.71. The molecule has 1 fully saturated rings. The first-order chi connectivity index (χ1) is 6.10. The van der Waals surface area contributed by atoms with E-state index >= 15 is 0 Å². The van der Waals surface area contributed by atoms with Crippen LogP contribution in [-0.2, 0) is 9.47 Å². The second kappa shape index (κ2) is 4.40. The summed E-state index contributed by atoms with van der Waals surface area (Å²) in [5.41, 5.74) is 0. The molecule has 78 valence electrons. The van der Waals surface area contributed by atoms with E-state index in [0.29, 0.717) is 13.2 Å². The second-order valence-corrected chi connectivity index (χ2v) is 3.85. The molecule has 1 rings (SSSR count). The molecule has 0 saturated carbocycles. The van der Waals surface area contributed by atoms with Crippen molar-refractivity contribution in [3.8, 4) is 0 Å². The summed E-state index contributed by atoms with van der Waals surface area (Å²) in [6.07, 6.45) is 1.29. The molecule has 0 spiro atoms. The van der Waals surface area contributed by atoms with E-state index in [-0.39, 0.29) is 12.0 Å². The summed E-state index contributed by atoms with van der Waals surface area (Å²) in [6.45, 7) is 7.29. The lowest BCUT2D eigenvalue weighted by atomic mass is 9.92. The molecule has 0 aromatic rings. The maximum absolute atomic E-state index is 9.28. The van der Waals surface area contributed by atoms with Gasteiger partial charge in [-0.15, -0.1) is 0 Å². The predicted octanol–water partition coefficient (Wildman–Crippen LogP) is 1.55. The van der Waals surface area contributed by atoms with Gasteiger partial charge in [-0.25, -0.2) is 0 Å². The Bertz CT molecular complexity index is 150. The average Bonchev–Trinajstić information content (AvgIpc) is 2.51. The Morgan fingerprint density at radius 1 is 1.31 bits per heavy atom. The lowest BCUT2D eigenvalue weighted by Gasteiger charge is -2.33. The smallest absolute Gasteiger partial charge is 0.170 e. The first-order valence-corrected chi connectivity index (χ1v) is 5.06. The van der Waals surface area contributed by atoms with E-state index < -0.39 is 5.79 Å². The van der Waals surface area contributed by atoms with Gasteiger partial charge in [0.05, 0.1) is 19.3 Å². The molecule has 0 bridgehead atoms. The summed E-state index contributed by atoms with van der Waals surface area (Å²) in [7, 11) is 0. The van der Waals surface area contributed by atoms with Gasteiger partial charge in [0.25, 0.3) is 0 Å². The van der Waals surface area contributed by atoms with Gasteiger partial charge in [0.15, 0.2) is 5.79 Å². The van der Waals surface area contributed by atoms with Crippen molar-refractivity contribution >= 4 is 0 Å². The normalized spacial score (nSPS) is 25.8. The molecule has 1 heterocycles. The third kappa shape index (κ3) is 2.42. The summed E-state index contributed by atoms with van der Waals surface area (Å²) >= 11 is 0. The molecular weight excluding hydrogens is 168 g/mol. The first kappa shape index (κ1) is 11.0. The van der Waals surface area contributed by atoms with Crippen LogP contribution in [0.5, 0.6) is 0 Å². The van der Waals surface area contributed by atoms with Crippen LogP contribution in [0.1, 0.15) is 33.6 Å². The first-order valence-electron chi connectivity index (χ1n) is 5.06. The van der Waals surface area contributed by atoms with Crippen molar-refractivity contribution in [1.82, 2.24) is 0 Å². The number of aliphatic hydroxyl groups is 1. The van der Waals surface area contributed by atoms with Crippen molar-refractivity contribution < 1.29 is 14.6 Å². The monoisotopic (exact) mass is 188 g/mol. The fourth-order valence-electron chi connectivity index (χ4n) is 2.00. The van der Waals surface area contributed by atoms with Gasteiger partial charge in [-0.05, 0) is 19.8 Å². The standard InChI is InChI=1S/C10H20O3/c1-4-10(12-5-6-13-10)8(2)7-9(3)11/h8-9,11H,4-7H2,1-3H3. The minimum Gasteiger partial charge on any atom is -0.393 e. The molecule has 3 nitrogen and oxygen atoms in total. The zero-order valence-electron chi connectivity index (χ0n) is 8.75. The number of ether oxygens (including phenoxy) is 2. The highest BCUT2D eigenvalue weighted by Gasteiger charge is 2.40. The second-order valence-electron chi connectivity index (χ2n) is 3.85. The summed E-state index contributed by atoms with van der Waals surface area (Å²) in [5, 5.41) is 9.28. The molecule has 13 heavy (non-hydrogen) atoms. The number of hydrogen-bond acceptors (Lipinski definition) is 3. The van der Waals surface area contributed by atoms with Gasteiger partial charge in [-0.3, -0.25) is 0 Å². The van der Waals surface area contributed by atoms with Gasteiger partial charge in [0, 0.05) is 5.92 Å². The summed E-state index contributed by atoms with van der Waals surface area (Å²) in [6, 6.07) is 0. The maximum atomic E-state index is 9.28.